The third-order valence-electron chi connectivity index (χ3n) is 2.07. The number of nitrogens with zero attached hydrogens (tertiary/aromatic N) is 1. The number of hydrogen-bond donors (Lipinski definition) is 0. The van der Waals surface area contributed by atoms with Gasteiger partial charge in [0.1, 0.15) is 6.61 Å². The number of hydrogen-bond acceptors (Lipinski definition) is 3. The molecule has 3 nitrogen and oxygen atoms in total. The molecule has 0 bridgehead atoms. The Morgan fingerprint density at radius 3 is 2.31 bits per heavy atom. The van der Waals surface area contributed by atoms with Gasteiger partial charge in [-0.25, -0.2) is 0 Å². The zero-order valence-corrected chi connectivity index (χ0v) is 8.79. The van der Waals surface area contributed by atoms with Crippen molar-refractivity contribution < 1.29 is 4.84 Å². The first-order valence-electron chi connectivity index (χ1n) is 5.22. The van der Waals surface area contributed by atoms with E-state index in [1.165, 1.54) is 25.7 Å². The van der Waals surface area contributed by atoms with Gasteiger partial charge in [-0.3, -0.25) is 0 Å². The van der Waals surface area contributed by atoms with E-state index in [-0.39, 0.29) is 0 Å². The van der Waals surface area contributed by atoms with Gasteiger partial charge in [0.05, 0.1) is 0 Å². The van der Waals surface area contributed by atoms with E-state index >= 15 is 0 Å². The molecule has 0 aromatic rings. The average Bonchev–Trinajstić information content (AvgIpc) is 2.09. The first-order valence-corrected chi connectivity index (χ1v) is 5.22. The first kappa shape index (κ1) is 12.4. The Morgan fingerprint density at radius 1 is 1.08 bits per heavy atom. The quantitative estimate of drug-likeness (QED) is 0.314. The maximum atomic E-state index is 9.54. The molecule has 0 aliphatic heterocycles. The SMILES string of the molecule is CC(C)CCCCCCCON=O. The molecule has 0 unspecified atom stereocenters. The molecule has 0 aromatic heterocycles. The van der Waals surface area contributed by atoms with Gasteiger partial charge in [0.2, 0.25) is 0 Å². The third-order valence-corrected chi connectivity index (χ3v) is 2.07. The molecule has 0 aromatic carbocycles. The second-order valence-corrected chi connectivity index (χ2v) is 3.86. The zero-order chi connectivity index (χ0) is 9.94. The summed E-state index contributed by atoms with van der Waals surface area (Å²) in [7, 11) is 0. The topological polar surface area (TPSA) is 38.7 Å². The fourth-order valence-corrected chi connectivity index (χ4v) is 1.29. The van der Waals surface area contributed by atoms with E-state index in [0.717, 1.165) is 18.8 Å². The lowest BCUT2D eigenvalue weighted by atomic mass is 10.0. The minimum absolute atomic E-state index is 0.480. The Labute approximate surface area is 80.8 Å². The summed E-state index contributed by atoms with van der Waals surface area (Å²) in [5.74, 6) is 0.822. The highest BCUT2D eigenvalue weighted by Crippen LogP contribution is 2.10. The van der Waals surface area contributed by atoms with Crippen LogP contribution in [0.4, 0.5) is 0 Å². The van der Waals surface area contributed by atoms with E-state index < -0.39 is 0 Å². The lowest BCUT2D eigenvalue weighted by Gasteiger charge is -2.03. The maximum Gasteiger partial charge on any atom is 0.155 e. The summed E-state index contributed by atoms with van der Waals surface area (Å²) in [6.07, 6.45) is 7.29. The van der Waals surface area contributed by atoms with Crippen LogP contribution in [0.5, 0.6) is 0 Å². The van der Waals surface area contributed by atoms with Gasteiger partial charge in [0.25, 0.3) is 0 Å². The smallest absolute Gasteiger partial charge is 0.155 e. The fourth-order valence-electron chi connectivity index (χ4n) is 1.29. The summed E-state index contributed by atoms with van der Waals surface area (Å²) in [5.41, 5.74) is 0. The summed E-state index contributed by atoms with van der Waals surface area (Å²) < 4.78 is 0. The van der Waals surface area contributed by atoms with Gasteiger partial charge in [-0.05, 0) is 18.8 Å². The van der Waals surface area contributed by atoms with Gasteiger partial charge >= 0.3 is 0 Å². The van der Waals surface area contributed by atoms with Crippen molar-refractivity contribution in [2.45, 2.75) is 52.4 Å². The number of rotatable bonds is 9. The highest BCUT2D eigenvalue weighted by molar-refractivity contribution is 4.48. The van der Waals surface area contributed by atoms with E-state index in [0.29, 0.717) is 6.61 Å². The molecular formula is C10H21NO2. The highest BCUT2D eigenvalue weighted by atomic mass is 16.7. The summed E-state index contributed by atoms with van der Waals surface area (Å²) in [6, 6.07) is 0. The van der Waals surface area contributed by atoms with E-state index in [9.17, 15) is 4.91 Å². The van der Waals surface area contributed by atoms with E-state index in [2.05, 4.69) is 24.0 Å². The standard InChI is InChI=1S/C10H21NO2/c1-10(2)8-6-4-3-5-7-9-13-11-12/h10H,3-9H2,1-2H3. The van der Waals surface area contributed by atoms with Crippen LogP contribution in [0, 0.1) is 10.8 Å². The molecule has 3 heteroatoms. The van der Waals surface area contributed by atoms with E-state index in [1.54, 1.807) is 0 Å². The Hall–Kier alpha value is -0.600. The molecule has 0 aliphatic rings. The van der Waals surface area contributed by atoms with Gasteiger partial charge in [-0.2, -0.15) is 0 Å². The van der Waals surface area contributed by atoms with Crippen molar-refractivity contribution in [2.75, 3.05) is 6.61 Å². The van der Waals surface area contributed by atoms with Crippen molar-refractivity contribution in [3.63, 3.8) is 0 Å². The maximum absolute atomic E-state index is 9.54. The Bertz CT molecular complexity index is 115. The first-order chi connectivity index (χ1) is 6.27. The van der Waals surface area contributed by atoms with Crippen molar-refractivity contribution in [3.8, 4) is 0 Å². The van der Waals surface area contributed by atoms with E-state index in [1.807, 2.05) is 0 Å². The fraction of sp³-hybridized carbons (Fsp3) is 1.00. The minimum Gasteiger partial charge on any atom is -0.364 e. The van der Waals surface area contributed by atoms with Crippen LogP contribution in [0.3, 0.4) is 0 Å². The molecule has 0 heterocycles. The highest BCUT2D eigenvalue weighted by Gasteiger charge is 1.94. The molecule has 0 rings (SSSR count). The van der Waals surface area contributed by atoms with Crippen LogP contribution < -0.4 is 0 Å². The Morgan fingerprint density at radius 2 is 1.69 bits per heavy atom. The second kappa shape index (κ2) is 9.49. The summed E-state index contributed by atoms with van der Waals surface area (Å²) in [4.78, 5) is 13.9. The average molecular weight is 187 g/mol. The molecule has 0 atom stereocenters. The normalized spacial score (nSPS) is 10.4. The predicted molar refractivity (Wildman–Crippen MR) is 54.3 cm³/mol. The van der Waals surface area contributed by atoms with Gasteiger partial charge in [-0.1, -0.05) is 39.5 Å². The lowest BCUT2D eigenvalue weighted by molar-refractivity contribution is 0.135. The summed E-state index contributed by atoms with van der Waals surface area (Å²) in [6.45, 7) is 4.99. The Kier molecular flexibility index (Phi) is 9.05. The molecule has 0 amide bonds. The monoisotopic (exact) mass is 187 g/mol. The molecule has 0 saturated carbocycles. The number of unbranched alkanes of at least 4 members (excludes halogenated alkanes) is 4. The van der Waals surface area contributed by atoms with Crippen molar-refractivity contribution >= 4 is 0 Å². The molecule has 78 valence electrons. The molecule has 0 radical (unpaired) electrons. The third kappa shape index (κ3) is 11.4. The van der Waals surface area contributed by atoms with Crippen LogP contribution in [0.1, 0.15) is 52.4 Å². The van der Waals surface area contributed by atoms with Crippen LogP contribution >= 0.6 is 0 Å². The predicted octanol–water partition coefficient (Wildman–Crippen LogP) is 3.68. The second-order valence-electron chi connectivity index (χ2n) is 3.86. The van der Waals surface area contributed by atoms with Gasteiger partial charge in [-0.15, -0.1) is 4.91 Å². The van der Waals surface area contributed by atoms with Crippen LogP contribution in [0.2, 0.25) is 0 Å². The van der Waals surface area contributed by atoms with Crippen molar-refractivity contribution in [3.05, 3.63) is 4.91 Å². The van der Waals surface area contributed by atoms with E-state index in [4.69, 9.17) is 0 Å². The summed E-state index contributed by atoms with van der Waals surface area (Å²) in [5, 5.41) is 2.34. The molecule has 0 saturated heterocycles. The molecule has 0 aliphatic carbocycles. The van der Waals surface area contributed by atoms with Crippen molar-refractivity contribution in [1.82, 2.24) is 0 Å². The zero-order valence-electron chi connectivity index (χ0n) is 8.79. The molecule has 13 heavy (non-hydrogen) atoms. The molecule has 0 fully saturated rings. The van der Waals surface area contributed by atoms with Crippen molar-refractivity contribution in [1.29, 1.82) is 0 Å². The van der Waals surface area contributed by atoms with Gasteiger partial charge in [0.15, 0.2) is 5.34 Å². The van der Waals surface area contributed by atoms with Gasteiger partial charge in [0, 0.05) is 0 Å². The van der Waals surface area contributed by atoms with Crippen LogP contribution in [0.15, 0.2) is 5.34 Å². The van der Waals surface area contributed by atoms with Crippen LogP contribution in [-0.2, 0) is 4.84 Å². The van der Waals surface area contributed by atoms with Gasteiger partial charge < -0.3 is 4.84 Å². The summed E-state index contributed by atoms with van der Waals surface area (Å²) >= 11 is 0. The molecule has 0 spiro atoms. The van der Waals surface area contributed by atoms with Crippen molar-refractivity contribution in [2.24, 2.45) is 11.3 Å². The van der Waals surface area contributed by atoms with Crippen LogP contribution in [-0.4, -0.2) is 6.61 Å². The largest absolute Gasteiger partial charge is 0.364 e. The molecule has 0 N–H and O–H groups in total. The Balaban J connectivity index is 2.87. The lowest BCUT2D eigenvalue weighted by Crippen LogP contribution is -1.89. The minimum atomic E-state index is 0.480. The molecular weight excluding hydrogens is 166 g/mol. The van der Waals surface area contributed by atoms with Crippen LogP contribution in [0.25, 0.3) is 0 Å².